The molecule has 3 saturated carbocycles. The van der Waals surface area contributed by atoms with Crippen molar-refractivity contribution in [1.29, 1.82) is 0 Å². The fraction of sp³-hybridized carbons (Fsp3) is 0.923. The van der Waals surface area contributed by atoms with Crippen molar-refractivity contribution in [3.63, 3.8) is 0 Å². The van der Waals surface area contributed by atoms with E-state index in [1.807, 2.05) is 0 Å². The molecule has 3 aliphatic carbocycles. The second-order valence-corrected chi connectivity index (χ2v) is 13.7. The van der Waals surface area contributed by atoms with Crippen molar-refractivity contribution in [3.05, 3.63) is 0 Å². The summed E-state index contributed by atoms with van der Waals surface area (Å²) in [6, 6.07) is 0.487. The van der Waals surface area contributed by atoms with Crippen LogP contribution < -0.4 is 10.6 Å². The second kappa shape index (κ2) is 11.7. The predicted octanol–water partition coefficient (Wildman–Crippen LogP) is 3.04. The van der Waals surface area contributed by atoms with E-state index >= 15 is 0 Å². The molecule has 1 aliphatic heterocycles. The van der Waals surface area contributed by atoms with Crippen molar-refractivity contribution in [3.8, 4) is 0 Å². The Morgan fingerprint density at radius 3 is 2.18 bits per heavy atom. The molecule has 194 valence electrons. The summed E-state index contributed by atoms with van der Waals surface area (Å²) in [7, 11) is -2.96. The molecule has 7 nitrogen and oxygen atoms in total. The number of carbonyl (C=O) groups is 2. The first-order chi connectivity index (χ1) is 16.4. The summed E-state index contributed by atoms with van der Waals surface area (Å²) in [6.45, 7) is 4.80. The number of likely N-dealkylation sites (N-methyl/N-ethyl adjacent to an activating group) is 1. The number of amides is 2. The van der Waals surface area contributed by atoms with Crippen LogP contribution in [0.25, 0.3) is 0 Å². The number of piperidine rings is 1. The lowest BCUT2D eigenvalue weighted by Crippen LogP contribution is -2.51. The third kappa shape index (κ3) is 6.96. The van der Waals surface area contributed by atoms with Crippen LogP contribution in [0.5, 0.6) is 0 Å². The highest BCUT2D eigenvalue weighted by molar-refractivity contribution is 7.92. The molecule has 4 rings (SSSR count). The number of nitrogens with zero attached hydrogens (tertiary/aromatic N) is 1. The number of hydrogen-bond acceptors (Lipinski definition) is 5. The zero-order valence-corrected chi connectivity index (χ0v) is 21.8. The monoisotopic (exact) mass is 495 g/mol. The smallest absolute Gasteiger partial charge is 0.225 e. The summed E-state index contributed by atoms with van der Waals surface area (Å²) in [6.07, 6.45) is 11.4. The van der Waals surface area contributed by atoms with Gasteiger partial charge < -0.3 is 15.5 Å². The van der Waals surface area contributed by atoms with E-state index in [1.54, 1.807) is 0 Å². The first kappa shape index (κ1) is 25.9. The third-order valence-corrected chi connectivity index (χ3v) is 11.1. The van der Waals surface area contributed by atoms with Gasteiger partial charge in [0.25, 0.3) is 0 Å². The maximum atomic E-state index is 13.1. The van der Waals surface area contributed by atoms with E-state index < -0.39 is 9.84 Å². The first-order valence-electron chi connectivity index (χ1n) is 13.9. The molecule has 4 fully saturated rings. The molecule has 0 bridgehead atoms. The van der Waals surface area contributed by atoms with Gasteiger partial charge in [0.15, 0.2) is 9.84 Å². The normalized spacial score (nSPS) is 32.7. The van der Waals surface area contributed by atoms with Crippen LogP contribution in [0, 0.1) is 17.8 Å². The molecule has 2 amide bonds. The third-order valence-electron chi connectivity index (χ3n) is 8.72. The Bertz CT molecular complexity index is 791. The lowest BCUT2D eigenvalue weighted by atomic mass is 9.84. The van der Waals surface area contributed by atoms with Gasteiger partial charge in [-0.25, -0.2) is 8.42 Å². The van der Waals surface area contributed by atoms with Gasteiger partial charge in [-0.2, -0.15) is 0 Å². The Morgan fingerprint density at radius 1 is 0.912 bits per heavy atom. The van der Waals surface area contributed by atoms with E-state index in [4.69, 9.17) is 0 Å². The summed E-state index contributed by atoms with van der Waals surface area (Å²) >= 11 is 0. The maximum absolute atomic E-state index is 13.1. The van der Waals surface area contributed by atoms with Crippen molar-refractivity contribution in [1.82, 2.24) is 15.5 Å². The van der Waals surface area contributed by atoms with E-state index in [-0.39, 0.29) is 23.1 Å². The van der Waals surface area contributed by atoms with Crippen molar-refractivity contribution < 1.29 is 18.0 Å². The van der Waals surface area contributed by atoms with Crippen LogP contribution in [0.1, 0.15) is 90.4 Å². The standard InChI is InChI=1S/C26H45N3O4S/c1-2-29(23-4-3-15-27-17-23)26(31)21-9-11-22(12-10-21)28-25(30)16-19-7-13-24(14-8-19)34(32,33)18-20-5-6-20/h19-24,27H,2-18H2,1H3,(H,28,30). The molecule has 1 saturated heterocycles. The van der Waals surface area contributed by atoms with Gasteiger partial charge in [-0.3, -0.25) is 9.59 Å². The molecule has 0 radical (unpaired) electrons. The van der Waals surface area contributed by atoms with E-state index in [9.17, 15) is 18.0 Å². The zero-order valence-electron chi connectivity index (χ0n) is 21.0. The van der Waals surface area contributed by atoms with Crippen molar-refractivity contribution in [2.75, 3.05) is 25.4 Å². The van der Waals surface area contributed by atoms with E-state index in [2.05, 4.69) is 22.5 Å². The van der Waals surface area contributed by atoms with Crippen LogP contribution in [-0.2, 0) is 19.4 Å². The highest BCUT2D eigenvalue weighted by atomic mass is 32.2. The molecule has 34 heavy (non-hydrogen) atoms. The molecule has 0 spiro atoms. The summed E-state index contributed by atoms with van der Waals surface area (Å²) in [5, 5.41) is 6.45. The fourth-order valence-electron chi connectivity index (χ4n) is 6.41. The molecule has 0 aromatic heterocycles. The van der Waals surface area contributed by atoms with Crippen LogP contribution >= 0.6 is 0 Å². The molecule has 1 atom stereocenters. The minimum Gasteiger partial charge on any atom is -0.353 e. The number of sulfone groups is 1. The molecule has 4 aliphatic rings. The Kier molecular flexibility index (Phi) is 8.94. The maximum Gasteiger partial charge on any atom is 0.225 e. The number of hydrogen-bond donors (Lipinski definition) is 2. The van der Waals surface area contributed by atoms with Crippen molar-refractivity contribution >= 4 is 21.7 Å². The van der Waals surface area contributed by atoms with E-state index in [0.717, 1.165) is 83.8 Å². The number of rotatable bonds is 9. The Morgan fingerprint density at radius 2 is 1.59 bits per heavy atom. The van der Waals surface area contributed by atoms with E-state index in [0.29, 0.717) is 48.8 Å². The van der Waals surface area contributed by atoms with Gasteiger partial charge >= 0.3 is 0 Å². The highest BCUT2D eigenvalue weighted by Gasteiger charge is 2.36. The van der Waals surface area contributed by atoms with Crippen molar-refractivity contribution in [2.45, 2.75) is 108 Å². The average molecular weight is 496 g/mol. The van der Waals surface area contributed by atoms with Crippen LogP contribution in [0.2, 0.25) is 0 Å². The largest absolute Gasteiger partial charge is 0.353 e. The van der Waals surface area contributed by atoms with Crippen LogP contribution in [0.4, 0.5) is 0 Å². The van der Waals surface area contributed by atoms with Crippen LogP contribution in [-0.4, -0.2) is 67.9 Å². The van der Waals surface area contributed by atoms with Gasteiger partial charge in [0.05, 0.1) is 11.0 Å². The SMILES string of the molecule is CCN(C(=O)C1CCC(NC(=O)CC2CCC(S(=O)(=O)CC3CC3)CC2)CC1)C1CCCNC1. The van der Waals surface area contributed by atoms with Crippen molar-refractivity contribution in [2.24, 2.45) is 17.8 Å². The summed E-state index contributed by atoms with van der Waals surface area (Å²) in [4.78, 5) is 27.9. The quantitative estimate of drug-likeness (QED) is 0.513. The minimum atomic E-state index is -2.96. The lowest BCUT2D eigenvalue weighted by molar-refractivity contribution is -0.139. The fourth-order valence-corrected chi connectivity index (χ4v) is 8.66. The summed E-state index contributed by atoms with van der Waals surface area (Å²) in [5.41, 5.74) is 0. The van der Waals surface area contributed by atoms with Gasteiger partial charge in [-0.05, 0) is 102 Å². The number of nitrogens with one attached hydrogen (secondary N) is 2. The van der Waals surface area contributed by atoms with Crippen LogP contribution in [0.15, 0.2) is 0 Å². The molecular weight excluding hydrogens is 450 g/mol. The second-order valence-electron chi connectivity index (χ2n) is 11.4. The minimum absolute atomic E-state index is 0.0860. The molecule has 2 N–H and O–H groups in total. The van der Waals surface area contributed by atoms with Gasteiger partial charge in [-0.1, -0.05) is 0 Å². The zero-order chi connectivity index (χ0) is 24.1. The topological polar surface area (TPSA) is 95.6 Å². The Hall–Kier alpha value is -1.15. The molecular formula is C26H45N3O4S. The molecule has 1 heterocycles. The summed E-state index contributed by atoms with van der Waals surface area (Å²) in [5.74, 6) is 1.57. The van der Waals surface area contributed by atoms with Gasteiger partial charge in [-0.15, -0.1) is 0 Å². The Balaban J connectivity index is 1.15. The average Bonchev–Trinajstić information content (AvgIpc) is 3.64. The summed E-state index contributed by atoms with van der Waals surface area (Å²) < 4.78 is 25.1. The lowest BCUT2D eigenvalue weighted by Gasteiger charge is -2.38. The Labute approximate surface area is 206 Å². The molecule has 8 heteroatoms. The highest BCUT2D eigenvalue weighted by Crippen LogP contribution is 2.36. The number of carbonyl (C=O) groups excluding carboxylic acids is 2. The van der Waals surface area contributed by atoms with Gasteiger partial charge in [0.1, 0.15) is 0 Å². The van der Waals surface area contributed by atoms with Crippen LogP contribution in [0.3, 0.4) is 0 Å². The molecule has 1 unspecified atom stereocenters. The van der Waals surface area contributed by atoms with Gasteiger partial charge in [0.2, 0.25) is 11.8 Å². The first-order valence-corrected chi connectivity index (χ1v) is 15.6. The molecule has 0 aromatic rings. The molecule has 0 aromatic carbocycles. The van der Waals surface area contributed by atoms with Gasteiger partial charge in [0, 0.05) is 37.5 Å². The predicted molar refractivity (Wildman–Crippen MR) is 134 cm³/mol. The van der Waals surface area contributed by atoms with E-state index in [1.165, 1.54) is 0 Å².